The van der Waals surface area contributed by atoms with E-state index in [1.807, 2.05) is 0 Å². The van der Waals surface area contributed by atoms with Gasteiger partial charge in [-0.1, -0.05) is 54.4 Å². The van der Waals surface area contributed by atoms with Gasteiger partial charge in [0.05, 0.1) is 12.2 Å². The Morgan fingerprint density at radius 3 is 1.37 bits per heavy atom. The van der Waals surface area contributed by atoms with Crippen molar-refractivity contribution >= 4 is 65.0 Å². The topological polar surface area (TPSA) is 491 Å². The summed E-state index contributed by atoms with van der Waals surface area (Å²) in [6.45, 7) is 12.6. The smallest absolute Gasteiger partial charge is 0.245 e. The van der Waals surface area contributed by atoms with Crippen LogP contribution in [-0.4, -0.2) is 187 Å². The molecule has 23 N–H and O–H groups in total. The molecule has 0 aliphatic carbocycles. The van der Waals surface area contributed by atoms with Crippen LogP contribution in [0.4, 0.5) is 0 Å². The maximum absolute atomic E-state index is 14.4. The maximum atomic E-state index is 14.4. The van der Waals surface area contributed by atoms with Crippen molar-refractivity contribution in [2.45, 2.75) is 211 Å². The normalized spacial score (nSPS) is 23.1. The highest BCUT2D eigenvalue weighted by Gasteiger charge is 2.37. The summed E-state index contributed by atoms with van der Waals surface area (Å²) >= 11 is 0. The summed E-state index contributed by atoms with van der Waals surface area (Å²) in [4.78, 5) is 153. The van der Waals surface area contributed by atoms with E-state index in [1.165, 1.54) is 13.8 Å². The average molecular weight is 1170 g/mol. The number of carbonyl (C=O) groups is 11. The van der Waals surface area contributed by atoms with Crippen LogP contribution in [0.3, 0.4) is 0 Å². The van der Waals surface area contributed by atoms with Gasteiger partial charge in [-0.3, -0.25) is 52.7 Å². The van der Waals surface area contributed by atoms with Crippen molar-refractivity contribution in [3.05, 3.63) is 0 Å². The van der Waals surface area contributed by atoms with E-state index in [0.717, 1.165) is 19.3 Å². The highest BCUT2D eigenvalue weighted by atomic mass is 16.3. The van der Waals surface area contributed by atoms with E-state index in [2.05, 4.69) is 72.3 Å². The van der Waals surface area contributed by atoms with E-state index in [0.29, 0.717) is 12.3 Å². The summed E-state index contributed by atoms with van der Waals surface area (Å²) in [5.41, 5.74) is 29.2. The lowest BCUT2D eigenvalue weighted by Crippen LogP contribution is -2.62. The van der Waals surface area contributed by atoms with Gasteiger partial charge in [0.1, 0.15) is 60.4 Å². The fraction of sp³-hybridized carbons (Fsp3) is 0.792. The van der Waals surface area contributed by atoms with Crippen molar-refractivity contribution in [2.24, 2.45) is 46.4 Å². The van der Waals surface area contributed by atoms with E-state index in [-0.39, 0.29) is 95.9 Å². The molecule has 470 valence electrons. The van der Waals surface area contributed by atoms with Gasteiger partial charge in [-0.05, 0) is 129 Å². The monoisotopic (exact) mass is 1170 g/mol. The lowest BCUT2D eigenvalue weighted by Gasteiger charge is -2.29. The van der Waals surface area contributed by atoms with Crippen molar-refractivity contribution in [3.8, 4) is 0 Å². The Kier molecular flexibility index (Phi) is 35.5. The Balaban J connectivity index is 3.83. The van der Waals surface area contributed by atoms with Crippen molar-refractivity contribution < 1.29 is 63.0 Å². The van der Waals surface area contributed by atoms with E-state index < -0.39 is 151 Å². The van der Waals surface area contributed by atoms with E-state index >= 15 is 0 Å². The van der Waals surface area contributed by atoms with Crippen molar-refractivity contribution in [2.75, 3.05) is 39.3 Å². The lowest BCUT2D eigenvalue weighted by atomic mass is 9.96. The molecule has 1 saturated heterocycles. The Labute approximate surface area is 482 Å². The van der Waals surface area contributed by atoms with Gasteiger partial charge in [0.2, 0.25) is 65.0 Å². The Morgan fingerprint density at radius 2 is 0.951 bits per heavy atom. The number of aliphatic hydroxyl groups is 2. The number of hydrogen-bond acceptors (Lipinski definition) is 18. The molecule has 1 rings (SSSR count). The van der Waals surface area contributed by atoms with Crippen LogP contribution in [0.1, 0.15) is 139 Å². The zero-order valence-corrected chi connectivity index (χ0v) is 49.4. The molecule has 82 heavy (non-hydrogen) atoms. The molecule has 29 heteroatoms. The van der Waals surface area contributed by atoms with Crippen molar-refractivity contribution in [1.29, 1.82) is 0 Å². The van der Waals surface area contributed by atoms with Crippen LogP contribution in [0.15, 0.2) is 0 Å². The molecule has 11 amide bonds. The van der Waals surface area contributed by atoms with Crippen LogP contribution >= 0.6 is 0 Å². The molecule has 1 heterocycles. The molecule has 1 fully saturated rings. The second-order valence-electron chi connectivity index (χ2n) is 21.8. The minimum atomic E-state index is -1.69. The number of nitrogens with two attached hydrogens (primary N) is 5. The van der Waals surface area contributed by atoms with Gasteiger partial charge >= 0.3 is 0 Å². The Morgan fingerprint density at radius 1 is 0.524 bits per heavy atom. The minimum absolute atomic E-state index is 0.0134. The third-order valence-corrected chi connectivity index (χ3v) is 13.8. The fourth-order valence-electron chi connectivity index (χ4n) is 9.03. The molecule has 29 nitrogen and oxygen atoms in total. The largest absolute Gasteiger partial charge is 0.391 e. The van der Waals surface area contributed by atoms with Crippen LogP contribution in [0.25, 0.3) is 0 Å². The quantitative estimate of drug-likeness (QED) is 0.0332. The van der Waals surface area contributed by atoms with Crippen LogP contribution in [0, 0.1) is 17.8 Å². The number of rotatable bonds is 29. The Bertz CT molecular complexity index is 2060. The van der Waals surface area contributed by atoms with Crippen molar-refractivity contribution in [1.82, 2.24) is 58.5 Å². The summed E-state index contributed by atoms with van der Waals surface area (Å²) in [6.07, 6.45) is -0.766. The second-order valence-corrected chi connectivity index (χ2v) is 21.8. The summed E-state index contributed by atoms with van der Waals surface area (Å²) in [5, 5.41) is 49.5. The Hall–Kier alpha value is -6.11. The molecule has 1 aliphatic heterocycles. The van der Waals surface area contributed by atoms with Gasteiger partial charge < -0.3 is 97.4 Å². The molecule has 0 aromatic heterocycles. The molecule has 0 radical (unpaired) electrons. The van der Waals surface area contributed by atoms with Gasteiger partial charge in [-0.15, -0.1) is 0 Å². The fourth-order valence-corrected chi connectivity index (χ4v) is 9.03. The predicted molar refractivity (Wildman–Crippen MR) is 305 cm³/mol. The number of aliphatic hydroxyl groups excluding tert-OH is 2. The van der Waals surface area contributed by atoms with Crippen LogP contribution in [-0.2, 0) is 52.7 Å². The molecule has 0 aromatic rings. The summed E-state index contributed by atoms with van der Waals surface area (Å²) in [7, 11) is 0. The first kappa shape index (κ1) is 73.9. The molecule has 0 aromatic carbocycles. The van der Waals surface area contributed by atoms with Crippen LogP contribution < -0.4 is 87.2 Å². The van der Waals surface area contributed by atoms with Gasteiger partial charge in [-0.2, -0.15) is 0 Å². The second kappa shape index (κ2) is 39.4. The molecule has 0 spiro atoms. The van der Waals surface area contributed by atoms with E-state index in [1.54, 1.807) is 27.7 Å². The number of nitrogens with one attached hydrogen (secondary N) is 11. The molecule has 0 unspecified atom stereocenters. The highest BCUT2D eigenvalue weighted by Crippen LogP contribution is 2.16. The summed E-state index contributed by atoms with van der Waals surface area (Å²) in [6, 6.07) is -14.5. The van der Waals surface area contributed by atoms with Crippen LogP contribution in [0.5, 0.6) is 0 Å². The SMILES string of the molecule is CCC(CC)CCCC(=O)N[C@H](CCN)C(=O)N[C@H](C(=O)N[C@@H](CCN)C(=O)N[C@H]1CCNC(=O)[C@H]([C@@H](C)O)NC(=O)[C@H](CCN)NC(=O)[C@H](CCN)NC(=O)[C@H](CC(C)C)NC(=O)[C@@H](CC(C)C)NC(=O)[C@H](CCN)NC1=O)[C@@H](C)O. The molecule has 1 aliphatic rings. The molecular weight excluding hydrogens is 1070 g/mol. The molecule has 12 atom stereocenters. The lowest BCUT2D eigenvalue weighted by molar-refractivity contribution is -0.137. The zero-order chi connectivity index (χ0) is 62.2. The van der Waals surface area contributed by atoms with Gasteiger partial charge in [0, 0.05) is 13.0 Å². The average Bonchev–Trinajstić information content (AvgIpc) is 3.40. The summed E-state index contributed by atoms with van der Waals surface area (Å²) < 4.78 is 0. The first-order chi connectivity index (χ1) is 38.7. The van der Waals surface area contributed by atoms with Gasteiger partial charge in [0.15, 0.2) is 0 Å². The number of carbonyl (C=O) groups excluding carboxylic acids is 11. The third kappa shape index (κ3) is 26.9. The molecule has 0 bridgehead atoms. The minimum Gasteiger partial charge on any atom is -0.391 e. The van der Waals surface area contributed by atoms with E-state index in [9.17, 15) is 63.0 Å². The van der Waals surface area contributed by atoms with Gasteiger partial charge in [0.25, 0.3) is 0 Å². The predicted octanol–water partition coefficient (Wildman–Crippen LogP) is -5.44. The first-order valence-corrected chi connectivity index (χ1v) is 28.9. The molecular formula is C53H100N16O13. The van der Waals surface area contributed by atoms with E-state index in [4.69, 9.17) is 28.7 Å². The summed E-state index contributed by atoms with van der Waals surface area (Å²) in [5.74, 6) is -9.53. The maximum Gasteiger partial charge on any atom is 0.245 e. The first-order valence-electron chi connectivity index (χ1n) is 28.9. The molecule has 0 saturated carbocycles. The number of amides is 11. The van der Waals surface area contributed by atoms with Crippen LogP contribution in [0.2, 0.25) is 0 Å². The van der Waals surface area contributed by atoms with Gasteiger partial charge in [-0.25, -0.2) is 0 Å². The highest BCUT2D eigenvalue weighted by molar-refractivity contribution is 5.99. The third-order valence-electron chi connectivity index (χ3n) is 13.8. The zero-order valence-electron chi connectivity index (χ0n) is 49.4. The van der Waals surface area contributed by atoms with Crippen molar-refractivity contribution in [3.63, 3.8) is 0 Å². The number of hydrogen-bond donors (Lipinski definition) is 18. The standard InChI is InChI=1S/C53H100N16O13/c1-9-32(10-2)12-11-13-41(72)60-33(14-20-54)48(77)69-43(31(8)71)53(82)65-36(17-23-57)45(74)64-38-19-25-59-52(81)42(30(7)70)68-49(78)37(18-24-58)62-44(73)34(15-21-55)63-50(79)39(26-28(3)4)67-51(80)40(27-29(5)6)66-46(75)35(16-22-56)61-47(38)76/h28-40,42-43,70-71H,9-27,54-58H2,1-8H3,(H,59,81)(H,60,72)(H,61,76)(H,62,73)(H,63,79)(H,64,74)(H,65,82)(H,66,75)(H,67,80)(H,68,78)(H,69,77)/t30-,31-,33-,34+,35+,36+,37+,38+,39+,40-,42+,43+/m1/s1.